The fraction of sp³-hybridized carbons (Fsp3) is 0.381. The number of aliphatic hydroxyl groups excluding tert-OH is 4. The van der Waals surface area contributed by atoms with Crippen LogP contribution in [0.15, 0.2) is 24.3 Å². The Hall–Kier alpha value is -3.09. The van der Waals surface area contributed by atoms with Crippen LogP contribution in [0.5, 0.6) is 28.7 Å². The summed E-state index contributed by atoms with van der Waals surface area (Å²) in [5, 5.41) is 80.7. The van der Waals surface area contributed by atoms with E-state index in [2.05, 4.69) is 0 Å². The molecule has 2 aromatic rings. The third-order valence-corrected chi connectivity index (χ3v) is 5.82. The average molecular weight is 450 g/mol. The highest BCUT2D eigenvalue weighted by Gasteiger charge is 2.47. The molecule has 172 valence electrons. The number of hydrogen-bond acceptors (Lipinski definition) is 11. The summed E-state index contributed by atoms with van der Waals surface area (Å²) in [6, 6.07) is 4.69. The van der Waals surface area contributed by atoms with Crippen molar-refractivity contribution in [2.75, 3.05) is 13.2 Å². The number of hydrogen-bond donors (Lipinski definition) is 8. The molecule has 0 radical (unpaired) electrons. The van der Waals surface area contributed by atoms with Crippen LogP contribution in [0.3, 0.4) is 0 Å². The Labute approximate surface area is 181 Å². The highest BCUT2D eigenvalue weighted by molar-refractivity contribution is 6.07. The summed E-state index contributed by atoms with van der Waals surface area (Å²) in [4.78, 5) is 13.2. The van der Waals surface area contributed by atoms with Crippen molar-refractivity contribution in [1.29, 1.82) is 0 Å². The van der Waals surface area contributed by atoms with Crippen LogP contribution < -0.4 is 4.74 Å². The van der Waals surface area contributed by atoms with Crippen molar-refractivity contribution >= 4 is 5.78 Å². The van der Waals surface area contributed by atoms with Crippen molar-refractivity contribution in [3.05, 3.63) is 41.0 Å². The molecule has 2 aliphatic rings. The number of Topliss-reactive ketones (excluding diaryl/α,β-unsaturated/α-hetero) is 1. The van der Waals surface area contributed by atoms with Crippen molar-refractivity contribution in [2.24, 2.45) is 0 Å². The minimum atomic E-state index is -1.81. The molecule has 1 fully saturated rings. The predicted molar refractivity (Wildman–Crippen MR) is 105 cm³/mol. The van der Waals surface area contributed by atoms with Crippen molar-refractivity contribution in [2.45, 2.75) is 36.4 Å². The molecule has 0 aromatic heterocycles. The maximum Gasteiger partial charge on any atom is 0.181 e. The van der Waals surface area contributed by atoms with Crippen molar-refractivity contribution in [1.82, 2.24) is 0 Å². The summed E-state index contributed by atoms with van der Waals surface area (Å²) in [6.07, 6.45) is -8.12. The topological polar surface area (TPSA) is 197 Å². The molecule has 11 nitrogen and oxygen atoms in total. The molecule has 32 heavy (non-hydrogen) atoms. The Morgan fingerprint density at radius 3 is 2.31 bits per heavy atom. The fourth-order valence-corrected chi connectivity index (χ4v) is 4.10. The van der Waals surface area contributed by atoms with Crippen LogP contribution in [0.4, 0.5) is 0 Å². The van der Waals surface area contributed by atoms with Crippen LogP contribution in [0.1, 0.15) is 33.5 Å². The molecule has 0 saturated carbocycles. The SMILES string of the molecule is O=C1c2c(cc(O)c([C@@H]3O[C@H](CO)[C@@H](O)[C@H](O)[C@H]3O)c2O)OC[C@@H]1c1ccc(O)cc1O. The maximum atomic E-state index is 13.2. The summed E-state index contributed by atoms with van der Waals surface area (Å²) < 4.78 is 10.9. The number of benzene rings is 2. The number of phenols is 4. The lowest BCUT2D eigenvalue weighted by Gasteiger charge is -2.40. The van der Waals surface area contributed by atoms with Crippen LogP contribution in [-0.4, -0.2) is 84.3 Å². The Kier molecular flexibility index (Phi) is 5.61. The second-order valence-corrected chi connectivity index (χ2v) is 7.75. The monoisotopic (exact) mass is 450 g/mol. The number of aliphatic hydroxyl groups is 4. The van der Waals surface area contributed by atoms with Gasteiger partial charge in [0, 0.05) is 17.7 Å². The number of aromatic hydroxyl groups is 4. The molecular weight excluding hydrogens is 428 g/mol. The second-order valence-electron chi connectivity index (χ2n) is 7.75. The normalized spacial score (nSPS) is 29.9. The molecule has 1 saturated heterocycles. The highest BCUT2D eigenvalue weighted by atomic mass is 16.5. The second kappa shape index (κ2) is 8.11. The summed E-state index contributed by atoms with van der Waals surface area (Å²) in [5.41, 5.74) is -0.646. The van der Waals surface area contributed by atoms with E-state index in [1.807, 2.05) is 0 Å². The zero-order chi connectivity index (χ0) is 23.3. The van der Waals surface area contributed by atoms with Crippen LogP contribution in [0, 0.1) is 0 Å². The number of carbonyl (C=O) groups excluding carboxylic acids is 1. The first kappa shape index (κ1) is 22.1. The first-order chi connectivity index (χ1) is 15.1. The van der Waals surface area contributed by atoms with E-state index in [1.165, 1.54) is 12.1 Å². The highest BCUT2D eigenvalue weighted by Crippen LogP contribution is 2.49. The van der Waals surface area contributed by atoms with Gasteiger partial charge in [0.15, 0.2) is 5.78 Å². The van der Waals surface area contributed by atoms with Gasteiger partial charge in [-0.1, -0.05) is 6.07 Å². The van der Waals surface area contributed by atoms with Gasteiger partial charge < -0.3 is 50.3 Å². The van der Waals surface area contributed by atoms with Gasteiger partial charge in [0.25, 0.3) is 0 Å². The molecule has 0 bridgehead atoms. The van der Waals surface area contributed by atoms with Crippen molar-refractivity contribution < 1.29 is 55.1 Å². The summed E-state index contributed by atoms with van der Waals surface area (Å²) in [6.45, 7) is -0.944. The largest absolute Gasteiger partial charge is 0.508 e. The van der Waals surface area contributed by atoms with Gasteiger partial charge in [0.1, 0.15) is 71.4 Å². The number of rotatable bonds is 3. The van der Waals surface area contributed by atoms with Gasteiger partial charge in [-0.2, -0.15) is 0 Å². The zero-order valence-electron chi connectivity index (χ0n) is 16.5. The molecule has 8 N–H and O–H groups in total. The lowest BCUT2D eigenvalue weighted by atomic mass is 9.84. The molecule has 0 spiro atoms. The van der Waals surface area contributed by atoms with Gasteiger partial charge >= 0.3 is 0 Å². The molecule has 0 amide bonds. The van der Waals surface area contributed by atoms with Crippen LogP contribution in [0.2, 0.25) is 0 Å². The lowest BCUT2D eigenvalue weighted by Crippen LogP contribution is -2.55. The number of ether oxygens (including phenoxy) is 2. The van der Waals surface area contributed by atoms with Crippen molar-refractivity contribution in [3.8, 4) is 28.7 Å². The van der Waals surface area contributed by atoms with Gasteiger partial charge in [-0.05, 0) is 6.07 Å². The van der Waals surface area contributed by atoms with E-state index in [0.717, 1.165) is 12.1 Å². The van der Waals surface area contributed by atoms with E-state index in [-0.39, 0.29) is 35.0 Å². The van der Waals surface area contributed by atoms with E-state index in [1.54, 1.807) is 0 Å². The summed E-state index contributed by atoms with van der Waals surface area (Å²) >= 11 is 0. The maximum absolute atomic E-state index is 13.2. The van der Waals surface area contributed by atoms with Crippen LogP contribution in [-0.2, 0) is 4.74 Å². The van der Waals surface area contributed by atoms with Crippen LogP contribution >= 0.6 is 0 Å². The van der Waals surface area contributed by atoms with E-state index in [9.17, 15) is 45.6 Å². The first-order valence-electron chi connectivity index (χ1n) is 9.73. The molecule has 0 aliphatic carbocycles. The minimum Gasteiger partial charge on any atom is -0.508 e. The molecule has 11 heteroatoms. The fourth-order valence-electron chi connectivity index (χ4n) is 4.10. The Bertz CT molecular complexity index is 1050. The van der Waals surface area contributed by atoms with Gasteiger partial charge in [-0.25, -0.2) is 0 Å². The smallest absolute Gasteiger partial charge is 0.181 e. The molecule has 6 atom stereocenters. The summed E-state index contributed by atoms with van der Waals surface area (Å²) in [5.74, 6) is -3.83. The summed E-state index contributed by atoms with van der Waals surface area (Å²) in [7, 11) is 0. The standard InChI is InChI=1S/C21H22O11/c22-5-13-17(27)19(29)20(30)21(32-13)14-11(25)4-12-15(18(14)28)16(26)9(6-31-12)8-2-1-7(23)3-10(8)24/h1-4,9,13,17,19-25,27-30H,5-6H2/t9-,13-,17-,19+,20-,21+/m1/s1. The minimum absolute atomic E-state index is 0.139. The quantitative estimate of drug-likeness (QED) is 0.297. The number of phenolic OH excluding ortho intramolecular Hbond substituents is 4. The number of carbonyl (C=O) groups is 1. The Balaban J connectivity index is 1.78. The molecular formula is C21H22O11. The van der Waals surface area contributed by atoms with E-state index in [0.29, 0.717) is 0 Å². The van der Waals surface area contributed by atoms with Gasteiger partial charge in [-0.3, -0.25) is 4.79 Å². The van der Waals surface area contributed by atoms with Gasteiger partial charge in [-0.15, -0.1) is 0 Å². The first-order valence-corrected chi connectivity index (χ1v) is 9.73. The third kappa shape index (κ3) is 3.40. The van der Waals surface area contributed by atoms with Gasteiger partial charge in [0.05, 0.1) is 18.1 Å². The average Bonchev–Trinajstić information content (AvgIpc) is 2.74. The van der Waals surface area contributed by atoms with Crippen molar-refractivity contribution in [3.63, 3.8) is 0 Å². The molecule has 4 rings (SSSR count). The number of ketones is 1. The Morgan fingerprint density at radius 2 is 1.66 bits per heavy atom. The van der Waals surface area contributed by atoms with Crippen LogP contribution in [0.25, 0.3) is 0 Å². The van der Waals surface area contributed by atoms with E-state index in [4.69, 9.17) is 9.47 Å². The third-order valence-electron chi connectivity index (χ3n) is 5.82. The predicted octanol–water partition coefficient (Wildman–Crippen LogP) is -0.617. The van der Waals surface area contributed by atoms with Gasteiger partial charge in [0.2, 0.25) is 0 Å². The molecule has 2 aliphatic heterocycles. The molecule has 2 heterocycles. The Morgan fingerprint density at radius 1 is 0.938 bits per heavy atom. The zero-order valence-corrected chi connectivity index (χ0v) is 16.5. The number of fused-ring (bicyclic) bond motifs is 1. The molecule has 2 aromatic carbocycles. The lowest BCUT2D eigenvalue weighted by molar-refractivity contribution is -0.232. The molecule has 0 unspecified atom stereocenters. The van der Waals surface area contributed by atoms with E-state index < -0.39 is 65.9 Å². The van der Waals surface area contributed by atoms with E-state index >= 15 is 0 Å².